The fourth-order valence-corrected chi connectivity index (χ4v) is 3.63. The van der Waals surface area contributed by atoms with Crippen LogP contribution in [0.25, 0.3) is 11.2 Å². The fourth-order valence-electron chi connectivity index (χ4n) is 3.15. The van der Waals surface area contributed by atoms with Gasteiger partial charge in [-0.25, -0.2) is 9.97 Å². The second-order valence-electron chi connectivity index (χ2n) is 5.65. The van der Waals surface area contributed by atoms with E-state index in [9.17, 15) is 0 Å². The van der Waals surface area contributed by atoms with Gasteiger partial charge >= 0.3 is 0 Å². The molecule has 20 heavy (non-hydrogen) atoms. The predicted molar refractivity (Wildman–Crippen MR) is 81.1 cm³/mol. The van der Waals surface area contributed by atoms with Gasteiger partial charge in [0.05, 0.1) is 6.33 Å². The monoisotopic (exact) mass is 312 g/mol. The van der Waals surface area contributed by atoms with Gasteiger partial charge in [0.2, 0.25) is 5.28 Å². The van der Waals surface area contributed by atoms with Crippen molar-refractivity contribution in [1.29, 1.82) is 0 Å². The summed E-state index contributed by atoms with van der Waals surface area (Å²) in [5.41, 5.74) is 1.38. The van der Waals surface area contributed by atoms with Crippen molar-refractivity contribution in [2.75, 3.05) is 0 Å². The van der Waals surface area contributed by atoms with E-state index < -0.39 is 0 Å². The molecule has 0 bridgehead atoms. The third-order valence-corrected chi connectivity index (χ3v) is 4.83. The van der Waals surface area contributed by atoms with Gasteiger partial charge in [-0.2, -0.15) is 4.98 Å². The summed E-state index contributed by atoms with van der Waals surface area (Å²) in [5, 5.41) is 0.538. The lowest BCUT2D eigenvalue weighted by atomic mass is 9.81. The maximum Gasteiger partial charge on any atom is 0.225 e. The Hall–Kier alpha value is -0.870. The topological polar surface area (TPSA) is 43.6 Å². The molecule has 0 amide bonds. The normalized spacial score (nSPS) is 23.4. The molecule has 1 aliphatic rings. The maximum atomic E-state index is 6.18. The molecule has 0 unspecified atom stereocenters. The average molecular weight is 313 g/mol. The molecule has 0 saturated heterocycles. The molecule has 0 aliphatic heterocycles. The van der Waals surface area contributed by atoms with E-state index in [1.165, 1.54) is 32.1 Å². The molecule has 0 spiro atoms. The summed E-state index contributed by atoms with van der Waals surface area (Å²) in [6, 6.07) is 0. The molecule has 2 aromatic rings. The Balaban J connectivity index is 1.78. The highest BCUT2D eigenvalue weighted by Gasteiger charge is 2.21. The van der Waals surface area contributed by atoms with Crippen LogP contribution in [0, 0.1) is 11.8 Å². The molecule has 1 aliphatic carbocycles. The quantitative estimate of drug-likeness (QED) is 0.625. The van der Waals surface area contributed by atoms with Crippen LogP contribution >= 0.6 is 23.2 Å². The molecule has 0 aromatic carbocycles. The first kappa shape index (κ1) is 14.1. The molecule has 1 saturated carbocycles. The molecule has 1 fully saturated rings. The summed E-state index contributed by atoms with van der Waals surface area (Å²) in [7, 11) is 0. The number of hydrogen-bond donors (Lipinski definition) is 0. The smallest absolute Gasteiger partial charge is 0.225 e. The third kappa shape index (κ3) is 2.77. The number of nitrogens with zero attached hydrogens (tertiary/aromatic N) is 4. The molecular weight excluding hydrogens is 295 g/mol. The van der Waals surface area contributed by atoms with E-state index >= 15 is 0 Å². The van der Waals surface area contributed by atoms with Crippen molar-refractivity contribution in [2.24, 2.45) is 11.8 Å². The minimum absolute atomic E-state index is 0.149. The van der Waals surface area contributed by atoms with Gasteiger partial charge in [0.25, 0.3) is 0 Å². The van der Waals surface area contributed by atoms with Crippen LogP contribution in [0.5, 0.6) is 0 Å². The Morgan fingerprint density at radius 2 is 1.85 bits per heavy atom. The highest BCUT2D eigenvalue weighted by atomic mass is 35.5. The molecule has 2 heterocycles. The van der Waals surface area contributed by atoms with Crippen molar-refractivity contribution >= 4 is 34.4 Å². The Labute approximate surface area is 128 Å². The number of hydrogen-bond acceptors (Lipinski definition) is 3. The maximum absolute atomic E-state index is 6.18. The largest absolute Gasteiger partial charge is 0.326 e. The van der Waals surface area contributed by atoms with Gasteiger partial charge in [0, 0.05) is 6.54 Å². The zero-order valence-corrected chi connectivity index (χ0v) is 13.0. The van der Waals surface area contributed by atoms with Crippen molar-refractivity contribution in [3.05, 3.63) is 16.8 Å². The molecular formula is C14H18Cl2N4. The van der Waals surface area contributed by atoms with Gasteiger partial charge in [-0.1, -0.05) is 37.8 Å². The van der Waals surface area contributed by atoms with Crippen LogP contribution in [0.2, 0.25) is 10.4 Å². The summed E-state index contributed by atoms with van der Waals surface area (Å²) < 4.78 is 2.07. The van der Waals surface area contributed by atoms with E-state index in [1.807, 2.05) is 0 Å². The van der Waals surface area contributed by atoms with Crippen LogP contribution in [0.3, 0.4) is 0 Å². The van der Waals surface area contributed by atoms with Crippen molar-refractivity contribution in [3.63, 3.8) is 0 Å². The van der Waals surface area contributed by atoms with Gasteiger partial charge in [0.15, 0.2) is 10.8 Å². The van der Waals surface area contributed by atoms with Crippen LogP contribution in [0.15, 0.2) is 6.33 Å². The van der Waals surface area contributed by atoms with Crippen molar-refractivity contribution in [2.45, 2.75) is 45.6 Å². The summed E-state index contributed by atoms with van der Waals surface area (Å²) >= 11 is 12.0. The van der Waals surface area contributed by atoms with Gasteiger partial charge in [0.1, 0.15) is 5.52 Å². The second kappa shape index (κ2) is 5.86. The zero-order chi connectivity index (χ0) is 14.1. The Kier molecular flexibility index (Phi) is 4.13. The molecule has 108 valence electrons. The molecule has 0 atom stereocenters. The van der Waals surface area contributed by atoms with Gasteiger partial charge in [-0.3, -0.25) is 0 Å². The van der Waals surface area contributed by atoms with Crippen molar-refractivity contribution in [3.8, 4) is 0 Å². The summed E-state index contributed by atoms with van der Waals surface area (Å²) in [6.45, 7) is 3.23. The lowest BCUT2D eigenvalue weighted by Gasteiger charge is -2.28. The molecule has 4 nitrogen and oxygen atoms in total. The van der Waals surface area contributed by atoms with E-state index in [4.69, 9.17) is 23.2 Å². The lowest BCUT2D eigenvalue weighted by molar-refractivity contribution is 0.249. The first-order chi connectivity index (χ1) is 9.67. The molecule has 3 rings (SSSR count). The van der Waals surface area contributed by atoms with Crippen molar-refractivity contribution in [1.82, 2.24) is 19.5 Å². The average Bonchev–Trinajstić information content (AvgIpc) is 2.82. The number of halogens is 2. The highest BCUT2D eigenvalue weighted by molar-refractivity contribution is 6.35. The lowest BCUT2D eigenvalue weighted by Crippen LogP contribution is -2.18. The Morgan fingerprint density at radius 1 is 1.15 bits per heavy atom. The van der Waals surface area contributed by atoms with Gasteiger partial charge in [-0.05, 0) is 36.3 Å². The Morgan fingerprint density at radius 3 is 2.55 bits per heavy atom. The molecule has 6 heteroatoms. The van der Waals surface area contributed by atoms with Gasteiger partial charge < -0.3 is 4.57 Å². The van der Waals surface area contributed by atoms with Crippen LogP contribution in [-0.2, 0) is 6.54 Å². The highest BCUT2D eigenvalue weighted by Crippen LogP contribution is 2.32. The van der Waals surface area contributed by atoms with E-state index in [2.05, 4.69) is 26.4 Å². The minimum Gasteiger partial charge on any atom is -0.326 e. The number of imidazole rings is 1. The van der Waals surface area contributed by atoms with Gasteiger partial charge in [-0.15, -0.1) is 0 Å². The summed E-state index contributed by atoms with van der Waals surface area (Å²) in [5.74, 6) is 1.61. The molecule has 0 N–H and O–H groups in total. The van der Waals surface area contributed by atoms with Crippen molar-refractivity contribution < 1.29 is 0 Å². The number of fused-ring (bicyclic) bond motifs is 1. The van der Waals surface area contributed by atoms with Crippen LogP contribution in [-0.4, -0.2) is 19.5 Å². The first-order valence-corrected chi connectivity index (χ1v) is 7.96. The zero-order valence-electron chi connectivity index (χ0n) is 11.5. The molecule has 0 radical (unpaired) electrons. The van der Waals surface area contributed by atoms with E-state index in [0.717, 1.165) is 18.0 Å². The second-order valence-corrected chi connectivity index (χ2v) is 6.34. The third-order valence-electron chi connectivity index (χ3n) is 4.40. The summed E-state index contributed by atoms with van der Waals surface area (Å²) in [4.78, 5) is 12.4. The number of aromatic nitrogens is 4. The fraction of sp³-hybridized carbons (Fsp3) is 0.643. The molecule has 2 aromatic heterocycles. The standard InChI is InChI=1S/C14H18Cl2N4/c1-2-9-3-5-10(6-4-9)7-20-8-17-13-11(20)12(15)18-14(16)19-13/h8-10H,2-7H2,1H3/t9-,10-. The summed E-state index contributed by atoms with van der Waals surface area (Å²) in [6.07, 6.45) is 8.34. The van der Waals surface area contributed by atoms with Crippen LogP contribution < -0.4 is 0 Å². The Bertz CT molecular complexity index is 602. The van der Waals surface area contributed by atoms with E-state index in [0.29, 0.717) is 16.7 Å². The SMILES string of the molecule is CC[C@H]1CC[C@H](Cn2cnc3nc(Cl)nc(Cl)c32)CC1. The van der Waals surface area contributed by atoms with Crippen LogP contribution in [0.1, 0.15) is 39.0 Å². The number of rotatable bonds is 3. The predicted octanol–water partition coefficient (Wildman–Crippen LogP) is 4.35. The minimum atomic E-state index is 0.149. The van der Waals surface area contributed by atoms with E-state index in [-0.39, 0.29) is 5.28 Å². The van der Waals surface area contributed by atoms with Crippen LogP contribution in [0.4, 0.5) is 0 Å². The van der Waals surface area contributed by atoms with E-state index in [1.54, 1.807) is 6.33 Å². The first-order valence-electron chi connectivity index (χ1n) is 7.21.